The normalized spacial score (nSPS) is 10.5. The van der Waals surface area contributed by atoms with E-state index in [1.807, 2.05) is 18.2 Å². The maximum atomic E-state index is 5.99. The predicted molar refractivity (Wildman–Crippen MR) is 87.5 cm³/mol. The molecule has 0 fully saturated rings. The maximum absolute atomic E-state index is 5.99. The molecule has 21 heavy (non-hydrogen) atoms. The fraction of sp³-hybridized carbons (Fsp3) is 0.333. The van der Waals surface area contributed by atoms with Gasteiger partial charge in [0, 0.05) is 11.6 Å². The highest BCUT2D eigenvalue weighted by atomic mass is 35.5. The molecule has 0 spiro atoms. The van der Waals surface area contributed by atoms with Crippen molar-refractivity contribution in [2.24, 2.45) is 0 Å². The second-order valence-electron chi connectivity index (χ2n) is 5.27. The zero-order valence-corrected chi connectivity index (χ0v) is 13.8. The summed E-state index contributed by atoms with van der Waals surface area (Å²) in [6.07, 6.45) is 0. The first-order valence-electron chi connectivity index (χ1n) is 6.97. The Balaban J connectivity index is 2.24. The molecule has 2 rings (SSSR count). The van der Waals surface area contributed by atoms with Gasteiger partial charge in [0.15, 0.2) is 0 Å². The van der Waals surface area contributed by atoms with Crippen molar-refractivity contribution in [1.29, 1.82) is 0 Å². The minimum Gasteiger partial charge on any atom is -0.497 e. The molecule has 0 radical (unpaired) electrons. The number of alkyl halides is 1. The highest BCUT2D eigenvalue weighted by molar-refractivity contribution is 6.17. The van der Waals surface area contributed by atoms with Crippen molar-refractivity contribution < 1.29 is 9.47 Å². The molecule has 112 valence electrons. The van der Waals surface area contributed by atoms with Crippen LogP contribution in [0.3, 0.4) is 0 Å². The van der Waals surface area contributed by atoms with Crippen molar-refractivity contribution in [3.05, 3.63) is 58.1 Å². The second kappa shape index (κ2) is 6.86. The van der Waals surface area contributed by atoms with Gasteiger partial charge >= 0.3 is 0 Å². The first-order valence-corrected chi connectivity index (χ1v) is 7.51. The van der Waals surface area contributed by atoms with Crippen molar-refractivity contribution >= 4 is 11.6 Å². The Morgan fingerprint density at radius 2 is 1.67 bits per heavy atom. The van der Waals surface area contributed by atoms with Gasteiger partial charge in [-0.15, -0.1) is 11.6 Å². The molecule has 3 heteroatoms. The number of hydrogen-bond acceptors (Lipinski definition) is 2. The van der Waals surface area contributed by atoms with E-state index in [4.69, 9.17) is 21.1 Å². The van der Waals surface area contributed by atoms with Gasteiger partial charge in [-0.05, 0) is 43.5 Å². The lowest BCUT2D eigenvalue weighted by Crippen LogP contribution is -2.03. The molecular formula is C18H21ClO2. The lowest BCUT2D eigenvalue weighted by atomic mass is 10.0. The minimum atomic E-state index is 0.422. The zero-order valence-electron chi connectivity index (χ0n) is 13.0. The van der Waals surface area contributed by atoms with Crippen molar-refractivity contribution in [3.8, 4) is 11.5 Å². The Hall–Kier alpha value is -1.67. The fourth-order valence-electron chi connectivity index (χ4n) is 2.49. The number of aryl methyl sites for hydroxylation is 3. The zero-order chi connectivity index (χ0) is 15.4. The van der Waals surface area contributed by atoms with Gasteiger partial charge in [0.25, 0.3) is 0 Å². The van der Waals surface area contributed by atoms with E-state index in [0.717, 1.165) is 17.1 Å². The highest BCUT2D eigenvalue weighted by Crippen LogP contribution is 2.28. The van der Waals surface area contributed by atoms with E-state index in [2.05, 4.69) is 32.9 Å². The number of benzene rings is 2. The van der Waals surface area contributed by atoms with Gasteiger partial charge in [-0.2, -0.15) is 0 Å². The molecule has 0 unspecified atom stereocenters. The van der Waals surface area contributed by atoms with E-state index in [9.17, 15) is 0 Å². The SMILES string of the molecule is COc1ccc(CCl)c(OCc2c(C)cc(C)cc2C)c1. The largest absolute Gasteiger partial charge is 0.497 e. The molecule has 0 aliphatic rings. The molecule has 0 saturated heterocycles. The molecule has 0 amide bonds. The van der Waals surface area contributed by atoms with Crippen LogP contribution in [-0.4, -0.2) is 7.11 Å². The van der Waals surface area contributed by atoms with Gasteiger partial charge in [0.1, 0.15) is 18.1 Å². The topological polar surface area (TPSA) is 18.5 Å². The van der Waals surface area contributed by atoms with Crippen LogP contribution in [0.25, 0.3) is 0 Å². The first-order chi connectivity index (χ1) is 10.0. The number of ether oxygens (including phenoxy) is 2. The van der Waals surface area contributed by atoms with E-state index < -0.39 is 0 Å². The molecule has 0 bridgehead atoms. The van der Waals surface area contributed by atoms with Crippen molar-refractivity contribution in [2.45, 2.75) is 33.3 Å². The maximum Gasteiger partial charge on any atom is 0.127 e. The Kier molecular flexibility index (Phi) is 5.13. The van der Waals surface area contributed by atoms with E-state index in [1.165, 1.54) is 22.3 Å². The van der Waals surface area contributed by atoms with Crippen LogP contribution in [0.4, 0.5) is 0 Å². The van der Waals surface area contributed by atoms with Gasteiger partial charge in [-0.1, -0.05) is 23.8 Å². The van der Waals surface area contributed by atoms with Crippen LogP contribution in [0.1, 0.15) is 27.8 Å². The van der Waals surface area contributed by atoms with Crippen LogP contribution in [-0.2, 0) is 12.5 Å². The van der Waals surface area contributed by atoms with Gasteiger partial charge in [-0.3, -0.25) is 0 Å². The summed E-state index contributed by atoms with van der Waals surface area (Å²) >= 11 is 5.97. The van der Waals surface area contributed by atoms with Crippen LogP contribution in [0.2, 0.25) is 0 Å². The van der Waals surface area contributed by atoms with Crippen LogP contribution >= 0.6 is 11.6 Å². The Morgan fingerprint density at radius 3 is 2.24 bits per heavy atom. The van der Waals surface area contributed by atoms with E-state index in [1.54, 1.807) is 7.11 Å². The van der Waals surface area contributed by atoms with Gasteiger partial charge in [0.2, 0.25) is 0 Å². The summed E-state index contributed by atoms with van der Waals surface area (Å²) in [4.78, 5) is 0. The number of halogens is 1. The lowest BCUT2D eigenvalue weighted by Gasteiger charge is -2.15. The summed E-state index contributed by atoms with van der Waals surface area (Å²) in [5.74, 6) is 1.98. The lowest BCUT2D eigenvalue weighted by molar-refractivity contribution is 0.299. The van der Waals surface area contributed by atoms with Gasteiger partial charge in [-0.25, -0.2) is 0 Å². The van der Waals surface area contributed by atoms with Crippen molar-refractivity contribution in [3.63, 3.8) is 0 Å². The predicted octanol–water partition coefficient (Wildman–Crippen LogP) is 4.94. The highest BCUT2D eigenvalue weighted by Gasteiger charge is 2.08. The Bertz CT molecular complexity index is 612. The second-order valence-corrected chi connectivity index (χ2v) is 5.54. The third-order valence-corrected chi connectivity index (χ3v) is 3.92. The molecule has 0 heterocycles. The van der Waals surface area contributed by atoms with E-state index >= 15 is 0 Å². The van der Waals surface area contributed by atoms with Crippen molar-refractivity contribution in [1.82, 2.24) is 0 Å². The minimum absolute atomic E-state index is 0.422. The van der Waals surface area contributed by atoms with E-state index in [-0.39, 0.29) is 0 Å². The summed E-state index contributed by atoms with van der Waals surface area (Å²) in [7, 11) is 1.65. The van der Waals surface area contributed by atoms with E-state index in [0.29, 0.717) is 12.5 Å². The van der Waals surface area contributed by atoms with Gasteiger partial charge < -0.3 is 9.47 Å². The fourth-order valence-corrected chi connectivity index (χ4v) is 2.71. The van der Waals surface area contributed by atoms with Crippen LogP contribution < -0.4 is 9.47 Å². The molecule has 0 aliphatic carbocycles. The standard InChI is InChI=1S/C18H21ClO2/c1-12-7-13(2)17(14(3)8-12)11-21-18-9-16(20-4)6-5-15(18)10-19/h5-9H,10-11H2,1-4H3. The molecular weight excluding hydrogens is 284 g/mol. The Labute approximate surface area is 131 Å². The molecule has 2 aromatic rings. The number of rotatable bonds is 5. The monoisotopic (exact) mass is 304 g/mol. The smallest absolute Gasteiger partial charge is 0.127 e. The average molecular weight is 305 g/mol. The molecule has 0 aliphatic heterocycles. The van der Waals surface area contributed by atoms with Crippen LogP contribution in [0.15, 0.2) is 30.3 Å². The summed E-state index contributed by atoms with van der Waals surface area (Å²) in [6.45, 7) is 6.88. The number of methoxy groups -OCH3 is 1. The third kappa shape index (κ3) is 3.70. The number of hydrogen-bond donors (Lipinski definition) is 0. The first kappa shape index (κ1) is 15.7. The molecule has 0 saturated carbocycles. The van der Waals surface area contributed by atoms with Crippen LogP contribution in [0.5, 0.6) is 11.5 Å². The molecule has 2 aromatic carbocycles. The summed E-state index contributed by atoms with van der Waals surface area (Å²) < 4.78 is 11.2. The van der Waals surface area contributed by atoms with Gasteiger partial charge in [0.05, 0.1) is 13.0 Å². The quantitative estimate of drug-likeness (QED) is 0.729. The van der Waals surface area contributed by atoms with Crippen LogP contribution in [0, 0.1) is 20.8 Å². The molecule has 2 nitrogen and oxygen atoms in total. The molecule has 0 aromatic heterocycles. The Morgan fingerprint density at radius 1 is 1.00 bits per heavy atom. The summed E-state index contributed by atoms with van der Waals surface area (Å²) in [5, 5.41) is 0. The summed E-state index contributed by atoms with van der Waals surface area (Å²) in [6, 6.07) is 10.1. The molecule has 0 atom stereocenters. The third-order valence-electron chi connectivity index (χ3n) is 3.63. The molecule has 0 N–H and O–H groups in total. The van der Waals surface area contributed by atoms with Crippen molar-refractivity contribution in [2.75, 3.05) is 7.11 Å². The summed E-state index contributed by atoms with van der Waals surface area (Å²) in [5.41, 5.74) is 5.98. The average Bonchev–Trinajstić information content (AvgIpc) is 2.45.